The van der Waals surface area contributed by atoms with E-state index in [0.29, 0.717) is 5.69 Å². The molecule has 0 fully saturated rings. The lowest BCUT2D eigenvalue weighted by atomic mass is 10.5. The maximum Gasteiger partial charge on any atom is 0.225 e. The molecule has 0 bridgehead atoms. The molecule has 9 heavy (non-hydrogen) atoms. The van der Waals surface area contributed by atoms with E-state index in [2.05, 4.69) is 9.40 Å². The first kappa shape index (κ1) is 6.22. The van der Waals surface area contributed by atoms with Crippen molar-refractivity contribution in [2.45, 2.75) is 13.3 Å². The van der Waals surface area contributed by atoms with E-state index in [1.165, 1.54) is 6.26 Å². The second-order valence-electron chi connectivity index (χ2n) is 1.52. The van der Waals surface area contributed by atoms with Crippen molar-refractivity contribution in [3.8, 4) is 0 Å². The number of hydrogen-bond acceptors (Lipinski definition) is 3. The third kappa shape index (κ3) is 1.26. The molecule has 0 amide bonds. The summed E-state index contributed by atoms with van der Waals surface area (Å²) >= 11 is 0. The van der Waals surface area contributed by atoms with Crippen LogP contribution < -0.4 is 0 Å². The van der Waals surface area contributed by atoms with Gasteiger partial charge < -0.3 is 9.52 Å². The van der Waals surface area contributed by atoms with Crippen LogP contribution in [0.1, 0.15) is 11.6 Å². The van der Waals surface area contributed by atoms with Crippen molar-refractivity contribution in [3.63, 3.8) is 0 Å². The fraction of sp³-hybridized carbons (Fsp3) is 0.400. The normalized spacial score (nSPS) is 10.0. The number of rotatable bonds is 2. The first-order chi connectivity index (χ1) is 4.36. The minimum atomic E-state index is -0.722. The topological polar surface area (TPSA) is 46.3 Å². The Morgan fingerprint density at radius 1 is 1.78 bits per heavy atom. The Kier molecular flexibility index (Phi) is 1.79. The summed E-state index contributed by atoms with van der Waals surface area (Å²) in [5.41, 5.74) is 0.364. The SMILES string of the molecule is OCc1coc(CF)n1. The summed E-state index contributed by atoms with van der Waals surface area (Å²) in [5, 5.41) is 8.40. The molecule has 1 aromatic heterocycles. The van der Waals surface area contributed by atoms with E-state index in [1.807, 2.05) is 0 Å². The Morgan fingerprint density at radius 3 is 2.89 bits per heavy atom. The number of aromatic nitrogens is 1. The van der Waals surface area contributed by atoms with Crippen LogP contribution in [0.25, 0.3) is 0 Å². The molecule has 0 saturated heterocycles. The number of halogens is 1. The van der Waals surface area contributed by atoms with Crippen LogP contribution in [0.4, 0.5) is 4.39 Å². The van der Waals surface area contributed by atoms with Crippen molar-refractivity contribution in [1.29, 1.82) is 0 Å². The number of aliphatic hydroxyl groups excluding tert-OH is 1. The van der Waals surface area contributed by atoms with Crippen LogP contribution in [0.5, 0.6) is 0 Å². The zero-order chi connectivity index (χ0) is 6.69. The molecule has 0 saturated carbocycles. The van der Waals surface area contributed by atoms with Crippen LogP contribution in [0, 0.1) is 0 Å². The highest BCUT2D eigenvalue weighted by molar-refractivity contribution is 4.93. The Labute approximate surface area is 51.1 Å². The molecule has 0 atom stereocenters. The number of hydrogen-bond donors (Lipinski definition) is 1. The van der Waals surface area contributed by atoms with Gasteiger partial charge in [0.05, 0.1) is 6.61 Å². The zero-order valence-electron chi connectivity index (χ0n) is 4.67. The molecule has 0 radical (unpaired) electrons. The highest BCUT2D eigenvalue weighted by atomic mass is 19.1. The predicted molar refractivity (Wildman–Crippen MR) is 27.2 cm³/mol. The van der Waals surface area contributed by atoms with Crippen molar-refractivity contribution >= 4 is 0 Å². The van der Waals surface area contributed by atoms with E-state index in [1.54, 1.807) is 0 Å². The van der Waals surface area contributed by atoms with Crippen molar-refractivity contribution in [2.75, 3.05) is 0 Å². The molecule has 3 nitrogen and oxygen atoms in total. The summed E-state index contributed by atoms with van der Waals surface area (Å²) in [5.74, 6) is 0.0130. The molecular weight excluding hydrogens is 125 g/mol. The smallest absolute Gasteiger partial charge is 0.225 e. The summed E-state index contributed by atoms with van der Waals surface area (Å²) < 4.78 is 16.2. The van der Waals surface area contributed by atoms with Gasteiger partial charge in [-0.1, -0.05) is 0 Å². The molecule has 1 aromatic rings. The van der Waals surface area contributed by atoms with E-state index >= 15 is 0 Å². The maximum absolute atomic E-state index is 11.6. The highest BCUT2D eigenvalue weighted by Crippen LogP contribution is 2.01. The molecule has 1 rings (SSSR count). The molecule has 4 heteroatoms. The van der Waals surface area contributed by atoms with E-state index in [4.69, 9.17) is 5.11 Å². The van der Waals surface area contributed by atoms with Crippen molar-refractivity contribution in [3.05, 3.63) is 17.8 Å². The van der Waals surface area contributed by atoms with Gasteiger partial charge in [-0.05, 0) is 0 Å². The van der Waals surface area contributed by atoms with Crippen LogP contribution in [-0.2, 0) is 13.3 Å². The summed E-state index contributed by atoms with van der Waals surface area (Å²) in [7, 11) is 0. The molecule has 0 spiro atoms. The van der Waals surface area contributed by atoms with Gasteiger partial charge in [0.1, 0.15) is 12.0 Å². The van der Waals surface area contributed by atoms with E-state index in [9.17, 15) is 4.39 Å². The molecule has 1 N–H and O–H groups in total. The van der Waals surface area contributed by atoms with Gasteiger partial charge in [0, 0.05) is 0 Å². The fourth-order valence-corrected chi connectivity index (χ4v) is 0.483. The van der Waals surface area contributed by atoms with Crippen molar-refractivity contribution in [1.82, 2.24) is 4.98 Å². The Hall–Kier alpha value is -0.900. The van der Waals surface area contributed by atoms with Crippen LogP contribution in [-0.4, -0.2) is 10.1 Å². The average Bonchev–Trinajstić information content (AvgIpc) is 2.34. The summed E-state index contributed by atoms with van der Waals surface area (Å²) in [6, 6.07) is 0. The minimum Gasteiger partial charge on any atom is -0.446 e. The van der Waals surface area contributed by atoms with Gasteiger partial charge in [0.15, 0.2) is 6.67 Å². The third-order valence-electron chi connectivity index (χ3n) is 0.876. The second kappa shape index (κ2) is 2.59. The lowest BCUT2D eigenvalue weighted by Gasteiger charge is -1.78. The zero-order valence-corrected chi connectivity index (χ0v) is 4.67. The molecule has 0 aliphatic heterocycles. The monoisotopic (exact) mass is 131 g/mol. The van der Waals surface area contributed by atoms with Gasteiger partial charge >= 0.3 is 0 Å². The standard InChI is InChI=1S/C5H6FNO2/c6-1-5-7-4(2-8)3-9-5/h3,8H,1-2H2. The lowest BCUT2D eigenvalue weighted by Crippen LogP contribution is -1.82. The first-order valence-electron chi connectivity index (χ1n) is 2.47. The number of aliphatic hydroxyl groups is 1. The van der Waals surface area contributed by atoms with Crippen LogP contribution in [0.2, 0.25) is 0 Å². The Bertz CT molecular complexity index is 168. The van der Waals surface area contributed by atoms with Gasteiger partial charge in [-0.25, -0.2) is 9.37 Å². The third-order valence-corrected chi connectivity index (χ3v) is 0.876. The van der Waals surface area contributed by atoms with Crippen LogP contribution >= 0.6 is 0 Å². The molecule has 0 aromatic carbocycles. The molecule has 1 heterocycles. The largest absolute Gasteiger partial charge is 0.446 e. The van der Waals surface area contributed by atoms with Gasteiger partial charge in [-0.15, -0.1) is 0 Å². The molecule has 0 unspecified atom stereocenters. The molecule has 0 aliphatic rings. The fourth-order valence-electron chi connectivity index (χ4n) is 0.483. The second-order valence-corrected chi connectivity index (χ2v) is 1.52. The van der Waals surface area contributed by atoms with Gasteiger partial charge in [0.25, 0.3) is 0 Å². The van der Waals surface area contributed by atoms with Crippen molar-refractivity contribution in [2.24, 2.45) is 0 Å². The van der Waals surface area contributed by atoms with E-state index in [-0.39, 0.29) is 12.5 Å². The molecule has 50 valence electrons. The first-order valence-corrected chi connectivity index (χ1v) is 2.47. The lowest BCUT2D eigenvalue weighted by molar-refractivity contribution is 0.276. The van der Waals surface area contributed by atoms with E-state index in [0.717, 1.165) is 0 Å². The highest BCUT2D eigenvalue weighted by Gasteiger charge is 1.99. The van der Waals surface area contributed by atoms with Gasteiger partial charge in [-0.2, -0.15) is 0 Å². The molecular formula is C5H6FNO2. The predicted octanol–water partition coefficient (Wildman–Crippen LogP) is 0.636. The maximum atomic E-state index is 11.6. The summed E-state index contributed by atoms with van der Waals surface area (Å²) in [4.78, 5) is 3.56. The Balaban J connectivity index is 2.74. The number of nitrogens with zero attached hydrogens (tertiary/aromatic N) is 1. The summed E-state index contributed by atoms with van der Waals surface area (Å²) in [6.45, 7) is -0.927. The van der Waals surface area contributed by atoms with Crippen LogP contribution in [0.15, 0.2) is 10.7 Å². The van der Waals surface area contributed by atoms with Crippen LogP contribution in [0.3, 0.4) is 0 Å². The number of oxazole rings is 1. The van der Waals surface area contributed by atoms with Gasteiger partial charge in [0.2, 0.25) is 5.89 Å². The summed E-state index contributed by atoms with van der Waals surface area (Å²) in [6.07, 6.45) is 1.23. The van der Waals surface area contributed by atoms with E-state index < -0.39 is 6.67 Å². The van der Waals surface area contributed by atoms with Gasteiger partial charge in [-0.3, -0.25) is 0 Å². The quantitative estimate of drug-likeness (QED) is 0.640. The Morgan fingerprint density at radius 2 is 2.56 bits per heavy atom. The van der Waals surface area contributed by atoms with Crippen molar-refractivity contribution < 1.29 is 13.9 Å². The average molecular weight is 131 g/mol. The minimum absolute atomic E-state index is 0.0130. The number of alkyl halides is 1. The molecule has 0 aliphatic carbocycles.